The molecule has 2 aromatic carbocycles. The molecule has 0 aliphatic carbocycles. The topological polar surface area (TPSA) is 92.2 Å². The molecule has 0 radical (unpaired) electrons. The highest BCUT2D eigenvalue weighted by Gasteiger charge is 2.26. The molecule has 8 nitrogen and oxygen atoms in total. The van der Waals surface area contributed by atoms with Crippen molar-refractivity contribution in [2.75, 3.05) is 39.4 Å². The number of aromatic nitrogens is 1. The van der Waals surface area contributed by atoms with Crippen LogP contribution in [0.5, 0.6) is 11.5 Å². The summed E-state index contributed by atoms with van der Waals surface area (Å²) >= 11 is 6.54. The van der Waals surface area contributed by atoms with Crippen molar-refractivity contribution in [2.45, 2.75) is 20.3 Å². The molecule has 0 spiro atoms. The molecule has 184 valence electrons. The predicted molar refractivity (Wildman–Crippen MR) is 134 cm³/mol. The SMILES string of the molecule is CCCOC(=O)N1CCN(C(=O)c2ccc3c(Cl)cc(-c4ccc(O)c(OCC)c4)nc3c2)CC1. The molecular formula is C26H28ClN3O5. The van der Waals surface area contributed by atoms with Crippen LogP contribution >= 0.6 is 11.6 Å². The number of piperazine rings is 1. The summed E-state index contributed by atoms with van der Waals surface area (Å²) in [6.45, 7) is 6.32. The number of nitrogens with zero attached hydrogens (tertiary/aromatic N) is 3. The number of hydrogen-bond acceptors (Lipinski definition) is 6. The molecule has 0 atom stereocenters. The summed E-state index contributed by atoms with van der Waals surface area (Å²) in [4.78, 5) is 33.3. The third-order valence-corrected chi connectivity index (χ3v) is 6.13. The second-order valence-electron chi connectivity index (χ2n) is 8.23. The number of halogens is 1. The highest BCUT2D eigenvalue weighted by Crippen LogP contribution is 2.34. The zero-order valence-corrected chi connectivity index (χ0v) is 20.5. The largest absolute Gasteiger partial charge is 0.504 e. The number of phenols is 1. The van der Waals surface area contributed by atoms with Crippen molar-refractivity contribution in [3.8, 4) is 22.8 Å². The lowest BCUT2D eigenvalue weighted by Gasteiger charge is -2.34. The molecule has 0 saturated carbocycles. The van der Waals surface area contributed by atoms with Crippen LogP contribution in [-0.4, -0.2) is 71.3 Å². The lowest BCUT2D eigenvalue weighted by atomic mass is 10.1. The molecule has 35 heavy (non-hydrogen) atoms. The van der Waals surface area contributed by atoms with Crippen LogP contribution in [0, 0.1) is 0 Å². The van der Waals surface area contributed by atoms with Gasteiger partial charge >= 0.3 is 6.09 Å². The monoisotopic (exact) mass is 497 g/mol. The Bertz CT molecular complexity index is 1240. The third kappa shape index (κ3) is 5.43. The highest BCUT2D eigenvalue weighted by molar-refractivity contribution is 6.35. The Morgan fingerprint density at radius 2 is 1.77 bits per heavy atom. The summed E-state index contributed by atoms with van der Waals surface area (Å²) in [6.07, 6.45) is 0.435. The zero-order valence-electron chi connectivity index (χ0n) is 19.8. The van der Waals surface area contributed by atoms with Crippen LogP contribution < -0.4 is 4.74 Å². The zero-order chi connectivity index (χ0) is 24.9. The summed E-state index contributed by atoms with van der Waals surface area (Å²) in [5.41, 5.74) is 2.43. The molecule has 1 N–H and O–H groups in total. The molecule has 1 saturated heterocycles. The fourth-order valence-corrected chi connectivity index (χ4v) is 4.23. The third-order valence-electron chi connectivity index (χ3n) is 5.82. The van der Waals surface area contributed by atoms with E-state index in [9.17, 15) is 14.7 Å². The van der Waals surface area contributed by atoms with Gasteiger partial charge in [-0.15, -0.1) is 0 Å². The maximum Gasteiger partial charge on any atom is 0.409 e. The Balaban J connectivity index is 1.55. The molecule has 2 heterocycles. The van der Waals surface area contributed by atoms with E-state index in [0.717, 1.165) is 17.4 Å². The van der Waals surface area contributed by atoms with Crippen LogP contribution in [0.1, 0.15) is 30.6 Å². The van der Waals surface area contributed by atoms with Gasteiger partial charge in [0, 0.05) is 42.7 Å². The molecule has 1 fully saturated rings. The minimum atomic E-state index is -0.335. The molecule has 4 rings (SSSR count). The van der Waals surface area contributed by atoms with E-state index in [2.05, 4.69) is 0 Å². The number of phenolic OH excluding ortho intramolecular Hbond substituents is 1. The van der Waals surface area contributed by atoms with Gasteiger partial charge in [-0.2, -0.15) is 0 Å². The average Bonchev–Trinajstić information content (AvgIpc) is 2.88. The second kappa shape index (κ2) is 10.8. The van der Waals surface area contributed by atoms with Crippen molar-refractivity contribution in [3.05, 3.63) is 53.1 Å². The number of fused-ring (bicyclic) bond motifs is 1. The van der Waals surface area contributed by atoms with Gasteiger partial charge in [0.05, 0.1) is 29.4 Å². The minimum absolute atomic E-state index is 0.0501. The van der Waals surface area contributed by atoms with Crippen molar-refractivity contribution < 1.29 is 24.2 Å². The van der Waals surface area contributed by atoms with Gasteiger partial charge in [0.1, 0.15) is 0 Å². The average molecular weight is 498 g/mol. The Hall–Kier alpha value is -3.52. The number of amides is 2. The van der Waals surface area contributed by atoms with E-state index in [1.807, 2.05) is 13.8 Å². The van der Waals surface area contributed by atoms with Crippen LogP contribution in [0.2, 0.25) is 5.02 Å². The van der Waals surface area contributed by atoms with Crippen molar-refractivity contribution in [1.82, 2.24) is 14.8 Å². The molecule has 9 heteroatoms. The van der Waals surface area contributed by atoms with E-state index in [1.54, 1.807) is 52.3 Å². The van der Waals surface area contributed by atoms with Gasteiger partial charge in [-0.05, 0) is 49.7 Å². The van der Waals surface area contributed by atoms with Crippen LogP contribution in [0.3, 0.4) is 0 Å². The first kappa shape index (κ1) is 24.6. The summed E-state index contributed by atoms with van der Waals surface area (Å²) < 4.78 is 10.7. The van der Waals surface area contributed by atoms with Crippen LogP contribution in [-0.2, 0) is 4.74 Å². The standard InChI is InChI=1S/C26H28ClN3O5/c1-3-13-35-26(33)30-11-9-29(10-12-30)25(32)18-5-7-19-20(27)16-21(28-22(19)14-18)17-6-8-23(31)24(15-17)34-4-2/h5-8,14-16,31H,3-4,9-13H2,1-2H3. The first-order valence-electron chi connectivity index (χ1n) is 11.7. The maximum absolute atomic E-state index is 13.2. The van der Waals surface area contributed by atoms with E-state index in [0.29, 0.717) is 66.9 Å². The van der Waals surface area contributed by atoms with Crippen molar-refractivity contribution in [2.24, 2.45) is 0 Å². The number of carbonyl (C=O) groups excluding carboxylic acids is 2. The fourth-order valence-electron chi connectivity index (χ4n) is 3.97. The molecule has 1 aliphatic rings. The molecule has 0 unspecified atom stereocenters. The quantitative estimate of drug-likeness (QED) is 0.517. The molecule has 1 aliphatic heterocycles. The minimum Gasteiger partial charge on any atom is -0.504 e. The van der Waals surface area contributed by atoms with Crippen molar-refractivity contribution in [3.63, 3.8) is 0 Å². The first-order valence-corrected chi connectivity index (χ1v) is 12.1. The molecule has 0 bridgehead atoms. The van der Waals surface area contributed by atoms with Crippen molar-refractivity contribution >= 4 is 34.5 Å². The summed E-state index contributed by atoms with van der Waals surface area (Å²) in [6, 6.07) is 12.0. The van der Waals surface area contributed by atoms with Crippen LogP contribution in [0.25, 0.3) is 22.2 Å². The van der Waals surface area contributed by atoms with Gasteiger partial charge < -0.3 is 24.4 Å². The number of carbonyl (C=O) groups is 2. The molecule has 1 aromatic heterocycles. The van der Waals surface area contributed by atoms with E-state index in [1.165, 1.54) is 0 Å². The summed E-state index contributed by atoms with van der Waals surface area (Å²) in [7, 11) is 0. The van der Waals surface area contributed by atoms with Gasteiger partial charge in [-0.1, -0.05) is 24.6 Å². The van der Waals surface area contributed by atoms with Crippen LogP contribution in [0.4, 0.5) is 4.79 Å². The Morgan fingerprint density at radius 1 is 1.03 bits per heavy atom. The highest BCUT2D eigenvalue weighted by atomic mass is 35.5. The van der Waals surface area contributed by atoms with Gasteiger partial charge in [-0.25, -0.2) is 9.78 Å². The number of benzene rings is 2. The molecular weight excluding hydrogens is 470 g/mol. The van der Waals surface area contributed by atoms with Gasteiger partial charge in [0.25, 0.3) is 5.91 Å². The van der Waals surface area contributed by atoms with E-state index >= 15 is 0 Å². The Morgan fingerprint density at radius 3 is 2.49 bits per heavy atom. The number of pyridine rings is 1. The summed E-state index contributed by atoms with van der Waals surface area (Å²) in [5, 5.41) is 11.2. The normalized spacial score (nSPS) is 13.7. The van der Waals surface area contributed by atoms with Gasteiger partial charge in [0.15, 0.2) is 11.5 Å². The van der Waals surface area contributed by atoms with Crippen LogP contribution in [0.15, 0.2) is 42.5 Å². The molecule has 3 aromatic rings. The first-order chi connectivity index (χ1) is 16.9. The second-order valence-corrected chi connectivity index (χ2v) is 8.64. The molecule has 2 amide bonds. The number of ether oxygens (including phenoxy) is 2. The number of rotatable bonds is 6. The summed E-state index contributed by atoms with van der Waals surface area (Å²) in [5.74, 6) is 0.291. The van der Waals surface area contributed by atoms with Gasteiger partial charge in [0.2, 0.25) is 0 Å². The Labute approximate surface area is 209 Å². The predicted octanol–water partition coefficient (Wildman–Crippen LogP) is 4.96. The smallest absolute Gasteiger partial charge is 0.409 e. The lowest BCUT2D eigenvalue weighted by Crippen LogP contribution is -2.50. The lowest BCUT2D eigenvalue weighted by molar-refractivity contribution is 0.0560. The van der Waals surface area contributed by atoms with E-state index < -0.39 is 0 Å². The maximum atomic E-state index is 13.2. The van der Waals surface area contributed by atoms with Gasteiger partial charge in [-0.3, -0.25) is 4.79 Å². The Kier molecular flexibility index (Phi) is 7.60. The number of aromatic hydroxyl groups is 1. The van der Waals surface area contributed by atoms with E-state index in [-0.39, 0.29) is 17.7 Å². The number of hydrogen-bond donors (Lipinski definition) is 1. The van der Waals surface area contributed by atoms with E-state index in [4.69, 9.17) is 26.1 Å². The fraction of sp³-hybridized carbons (Fsp3) is 0.346. The van der Waals surface area contributed by atoms with Crippen molar-refractivity contribution in [1.29, 1.82) is 0 Å².